The van der Waals surface area contributed by atoms with Crippen LogP contribution in [0.1, 0.15) is 5.56 Å². The normalized spacial score (nSPS) is 9.56. The first-order chi connectivity index (χ1) is 4.34. The lowest BCUT2D eigenvalue weighted by Gasteiger charge is -1.93. The minimum absolute atomic E-state index is 0.201. The zero-order chi connectivity index (χ0) is 6.69. The molecular formula is C7H6FS. The molecule has 2 heteroatoms. The van der Waals surface area contributed by atoms with Gasteiger partial charge in [-0.15, -0.1) is 0 Å². The third kappa shape index (κ3) is 1.45. The van der Waals surface area contributed by atoms with E-state index >= 15 is 0 Å². The van der Waals surface area contributed by atoms with E-state index in [0.29, 0.717) is 11.3 Å². The molecule has 0 bridgehead atoms. The SMILES string of the molecule is Fc1ccccc1C[S]. The van der Waals surface area contributed by atoms with E-state index in [9.17, 15) is 4.39 Å². The van der Waals surface area contributed by atoms with Gasteiger partial charge in [0.05, 0.1) is 0 Å². The lowest BCUT2D eigenvalue weighted by Crippen LogP contribution is -1.82. The van der Waals surface area contributed by atoms with E-state index in [4.69, 9.17) is 0 Å². The molecule has 0 N–H and O–H groups in total. The summed E-state index contributed by atoms with van der Waals surface area (Å²) in [7, 11) is 0. The fraction of sp³-hybridized carbons (Fsp3) is 0.143. The van der Waals surface area contributed by atoms with Crippen LogP contribution in [0.4, 0.5) is 4.39 Å². The Morgan fingerprint density at radius 2 is 2.00 bits per heavy atom. The van der Waals surface area contributed by atoms with Crippen LogP contribution >= 0.6 is 12.6 Å². The summed E-state index contributed by atoms with van der Waals surface area (Å²) in [4.78, 5) is 0. The van der Waals surface area contributed by atoms with Crippen LogP contribution in [0.15, 0.2) is 24.3 Å². The molecule has 1 radical (unpaired) electrons. The van der Waals surface area contributed by atoms with Gasteiger partial charge in [0.2, 0.25) is 0 Å². The fourth-order valence-corrected chi connectivity index (χ4v) is 0.850. The van der Waals surface area contributed by atoms with Crippen LogP contribution in [-0.2, 0) is 5.75 Å². The number of hydrogen-bond acceptors (Lipinski definition) is 0. The molecule has 0 saturated carbocycles. The maximum atomic E-state index is 12.5. The molecule has 0 heterocycles. The lowest BCUT2D eigenvalue weighted by atomic mass is 10.2. The summed E-state index contributed by atoms with van der Waals surface area (Å²) < 4.78 is 12.5. The van der Waals surface area contributed by atoms with Crippen molar-refractivity contribution in [2.24, 2.45) is 0 Å². The Kier molecular flexibility index (Phi) is 2.11. The number of halogens is 1. The summed E-state index contributed by atoms with van der Waals surface area (Å²) in [6.45, 7) is 0. The van der Waals surface area contributed by atoms with Gasteiger partial charge < -0.3 is 0 Å². The van der Waals surface area contributed by atoms with Gasteiger partial charge in [-0.25, -0.2) is 4.39 Å². The van der Waals surface area contributed by atoms with Crippen LogP contribution in [0.25, 0.3) is 0 Å². The Bertz CT molecular complexity index is 198. The van der Waals surface area contributed by atoms with Crippen molar-refractivity contribution >= 4 is 12.6 Å². The third-order valence-electron chi connectivity index (χ3n) is 1.11. The summed E-state index contributed by atoms with van der Waals surface area (Å²) in [5, 5.41) is 0. The Labute approximate surface area is 59.1 Å². The highest BCUT2D eigenvalue weighted by atomic mass is 32.1. The molecule has 0 nitrogen and oxygen atoms in total. The number of benzene rings is 1. The predicted molar refractivity (Wildman–Crippen MR) is 37.7 cm³/mol. The van der Waals surface area contributed by atoms with E-state index in [1.165, 1.54) is 6.07 Å². The third-order valence-corrected chi connectivity index (χ3v) is 1.42. The van der Waals surface area contributed by atoms with Crippen LogP contribution in [-0.4, -0.2) is 0 Å². The molecule has 1 aromatic rings. The number of hydrogen-bond donors (Lipinski definition) is 0. The summed E-state index contributed by atoms with van der Waals surface area (Å²) in [6.07, 6.45) is 0. The van der Waals surface area contributed by atoms with E-state index in [-0.39, 0.29) is 5.82 Å². The number of rotatable bonds is 1. The van der Waals surface area contributed by atoms with Gasteiger partial charge in [0.15, 0.2) is 0 Å². The van der Waals surface area contributed by atoms with E-state index in [1.54, 1.807) is 18.2 Å². The van der Waals surface area contributed by atoms with Crippen LogP contribution < -0.4 is 0 Å². The first kappa shape index (κ1) is 6.62. The second kappa shape index (κ2) is 2.87. The van der Waals surface area contributed by atoms with Crippen LogP contribution in [0.2, 0.25) is 0 Å². The second-order valence-corrected chi connectivity index (χ2v) is 2.02. The lowest BCUT2D eigenvalue weighted by molar-refractivity contribution is 0.617. The van der Waals surface area contributed by atoms with Crippen molar-refractivity contribution < 1.29 is 4.39 Å². The van der Waals surface area contributed by atoms with E-state index in [1.807, 2.05) is 0 Å². The summed E-state index contributed by atoms with van der Waals surface area (Å²) in [5.41, 5.74) is 0.604. The average Bonchev–Trinajstić information content (AvgIpc) is 1.89. The Morgan fingerprint density at radius 1 is 1.33 bits per heavy atom. The monoisotopic (exact) mass is 141 g/mol. The van der Waals surface area contributed by atoms with Gasteiger partial charge in [-0.1, -0.05) is 30.8 Å². The molecule has 0 saturated heterocycles. The molecule has 0 unspecified atom stereocenters. The van der Waals surface area contributed by atoms with Crippen molar-refractivity contribution in [3.63, 3.8) is 0 Å². The molecular weight excluding hydrogens is 135 g/mol. The highest BCUT2D eigenvalue weighted by Gasteiger charge is 1.94. The van der Waals surface area contributed by atoms with Crippen molar-refractivity contribution in [3.8, 4) is 0 Å². The smallest absolute Gasteiger partial charge is 0.127 e. The molecule has 0 aliphatic rings. The Balaban J connectivity index is 3.01. The molecule has 47 valence electrons. The van der Waals surface area contributed by atoms with Crippen molar-refractivity contribution in [2.75, 3.05) is 0 Å². The summed E-state index contributed by atoms with van der Waals surface area (Å²) >= 11 is 4.67. The van der Waals surface area contributed by atoms with Crippen molar-refractivity contribution in [3.05, 3.63) is 35.6 Å². The van der Waals surface area contributed by atoms with Crippen LogP contribution in [0.3, 0.4) is 0 Å². The van der Waals surface area contributed by atoms with E-state index < -0.39 is 0 Å². The first-order valence-corrected chi connectivity index (χ1v) is 3.24. The highest BCUT2D eigenvalue weighted by molar-refractivity contribution is 7.79. The van der Waals surface area contributed by atoms with Crippen LogP contribution in [0, 0.1) is 5.82 Å². The van der Waals surface area contributed by atoms with Crippen molar-refractivity contribution in [1.82, 2.24) is 0 Å². The highest BCUT2D eigenvalue weighted by Crippen LogP contribution is 2.07. The van der Waals surface area contributed by atoms with Crippen molar-refractivity contribution in [2.45, 2.75) is 5.75 Å². The van der Waals surface area contributed by atoms with E-state index in [0.717, 1.165) is 0 Å². The van der Waals surface area contributed by atoms with Gasteiger partial charge >= 0.3 is 0 Å². The van der Waals surface area contributed by atoms with Gasteiger partial charge in [0.1, 0.15) is 5.82 Å². The quantitative estimate of drug-likeness (QED) is 0.563. The maximum Gasteiger partial charge on any atom is 0.127 e. The molecule has 0 atom stereocenters. The molecule has 0 aliphatic heterocycles. The molecule has 1 rings (SSSR count). The average molecular weight is 141 g/mol. The fourth-order valence-electron chi connectivity index (χ4n) is 0.615. The summed E-state index contributed by atoms with van der Waals surface area (Å²) in [5.74, 6) is 0.152. The van der Waals surface area contributed by atoms with E-state index in [2.05, 4.69) is 12.6 Å². The second-order valence-electron chi connectivity index (χ2n) is 1.74. The molecule has 0 amide bonds. The van der Waals surface area contributed by atoms with Gasteiger partial charge in [0.25, 0.3) is 0 Å². The van der Waals surface area contributed by atoms with Gasteiger partial charge in [-0.05, 0) is 11.6 Å². The topological polar surface area (TPSA) is 0 Å². The standard InChI is InChI=1S/C7H6FS/c8-7-4-2-1-3-6(7)5-9/h1-4H,5H2. The minimum atomic E-state index is -0.201. The zero-order valence-corrected chi connectivity index (χ0v) is 5.62. The maximum absolute atomic E-state index is 12.5. The largest absolute Gasteiger partial charge is 0.207 e. The molecule has 0 aromatic heterocycles. The van der Waals surface area contributed by atoms with Crippen molar-refractivity contribution in [1.29, 1.82) is 0 Å². The zero-order valence-electron chi connectivity index (χ0n) is 4.80. The molecule has 0 aliphatic carbocycles. The molecule has 9 heavy (non-hydrogen) atoms. The predicted octanol–water partition coefficient (Wildman–Crippen LogP) is 2.52. The Hall–Kier alpha value is -0.500. The van der Waals surface area contributed by atoms with Gasteiger partial charge in [-0.3, -0.25) is 0 Å². The summed E-state index contributed by atoms with van der Waals surface area (Å²) in [6, 6.07) is 6.55. The Morgan fingerprint density at radius 3 is 2.44 bits per heavy atom. The minimum Gasteiger partial charge on any atom is -0.207 e. The van der Waals surface area contributed by atoms with Gasteiger partial charge in [0, 0.05) is 5.75 Å². The van der Waals surface area contributed by atoms with Gasteiger partial charge in [-0.2, -0.15) is 0 Å². The van der Waals surface area contributed by atoms with Crippen LogP contribution in [0.5, 0.6) is 0 Å². The molecule has 1 aromatic carbocycles. The molecule has 0 fully saturated rings. The first-order valence-electron chi connectivity index (χ1n) is 2.66. The molecule has 0 spiro atoms.